The summed E-state index contributed by atoms with van der Waals surface area (Å²) in [5.41, 5.74) is 2.79. The van der Waals surface area contributed by atoms with Gasteiger partial charge in [0.15, 0.2) is 12.6 Å². The topological polar surface area (TPSA) is 218 Å². The van der Waals surface area contributed by atoms with Crippen molar-refractivity contribution >= 4 is 57.3 Å². The lowest BCUT2D eigenvalue weighted by atomic mass is 9.92. The summed E-state index contributed by atoms with van der Waals surface area (Å²) in [5.74, 6) is -1.30. The van der Waals surface area contributed by atoms with Gasteiger partial charge in [-0.15, -0.1) is 0 Å². The number of hydrogen-bond donors (Lipinski definition) is 7. The lowest BCUT2D eigenvalue weighted by Gasteiger charge is -2.26. The number of benzene rings is 6. The van der Waals surface area contributed by atoms with E-state index < -0.39 is 60.1 Å². The third kappa shape index (κ3) is 18.6. The Bertz CT molecular complexity index is 2910. The maximum Gasteiger partial charge on any atom is 0.407 e. The van der Waals surface area contributed by atoms with E-state index in [2.05, 4.69) is 44.0 Å². The third-order valence-corrected chi connectivity index (χ3v) is 12.5. The van der Waals surface area contributed by atoms with Crippen LogP contribution in [-0.2, 0) is 41.7 Å². The first-order valence-electron chi connectivity index (χ1n) is 26.5. The van der Waals surface area contributed by atoms with E-state index in [9.17, 15) is 24.0 Å². The number of rotatable bonds is 27. The minimum absolute atomic E-state index is 0.000899. The molecule has 0 bridgehead atoms. The molecule has 4 amide bonds. The molecule has 0 unspecified atom stereocenters. The maximum absolute atomic E-state index is 14.6. The van der Waals surface area contributed by atoms with E-state index in [1.807, 2.05) is 135 Å². The number of alkyl carbamates (subject to hydrolysis) is 1. The summed E-state index contributed by atoms with van der Waals surface area (Å²) < 4.78 is 24.1. The largest absolute Gasteiger partial charge is 0.493 e. The molecule has 0 heterocycles. The van der Waals surface area contributed by atoms with E-state index in [1.54, 1.807) is 27.8 Å². The second-order valence-electron chi connectivity index (χ2n) is 20.3. The zero-order valence-electron chi connectivity index (χ0n) is 45.2. The van der Waals surface area contributed by atoms with Gasteiger partial charge in [-0.3, -0.25) is 19.8 Å². The van der Waals surface area contributed by atoms with Crippen LogP contribution in [0.15, 0.2) is 133 Å². The standard InChI is InChI=1S/C61H75N7O9/c1-41(2)38-50(58(72)76-39-43-22-11-8-12-23-43)68-57(71)49(29-19-36-64-59(62)63-6)67-56(70)48(28-17-18-35-65-60(73)77-61(3,4)5)66-53(69)40-75-52-33-31-45-25-14-16-27-47(45)55(52)54-46-26-15-13-24-44(46)30-32-51(54)74-37-34-42-20-9-7-10-21-42/h7-16,20-27,30-33,41,48-50H,17-19,28-29,34-40H2,1-6H3,(H,65,73)(H,66,69)(H,67,70)(H,68,71)(H3,62,63,64)/t48-,49-,50+/m1/s1. The van der Waals surface area contributed by atoms with Gasteiger partial charge in [0.25, 0.3) is 5.91 Å². The van der Waals surface area contributed by atoms with Gasteiger partial charge in [0.05, 0.1) is 6.61 Å². The van der Waals surface area contributed by atoms with E-state index >= 15 is 0 Å². The van der Waals surface area contributed by atoms with Crippen LogP contribution in [0.1, 0.15) is 84.3 Å². The maximum atomic E-state index is 14.6. The molecule has 0 saturated heterocycles. The lowest BCUT2D eigenvalue weighted by Crippen LogP contribution is -2.56. The first-order valence-corrected chi connectivity index (χ1v) is 26.5. The van der Waals surface area contributed by atoms with E-state index in [1.165, 1.54) is 0 Å². The molecule has 0 saturated carbocycles. The van der Waals surface area contributed by atoms with Crippen LogP contribution >= 0.6 is 0 Å². The number of nitrogens with one attached hydrogen (secondary N) is 7. The number of unbranched alkanes of at least 4 members (excludes halogenated alkanes) is 1. The Morgan fingerprint density at radius 2 is 1.12 bits per heavy atom. The summed E-state index contributed by atoms with van der Waals surface area (Å²) in [6.45, 7) is 9.66. The molecule has 408 valence electrons. The number of esters is 1. The fourth-order valence-corrected chi connectivity index (χ4v) is 8.75. The van der Waals surface area contributed by atoms with Crippen LogP contribution in [0.2, 0.25) is 0 Å². The van der Waals surface area contributed by atoms with Gasteiger partial charge in [0.1, 0.15) is 41.8 Å². The Morgan fingerprint density at radius 3 is 1.71 bits per heavy atom. The molecule has 7 N–H and O–H groups in total. The smallest absolute Gasteiger partial charge is 0.407 e. The van der Waals surface area contributed by atoms with Crippen molar-refractivity contribution < 1.29 is 42.9 Å². The molecule has 16 nitrogen and oxygen atoms in total. The van der Waals surface area contributed by atoms with Crippen LogP contribution in [0.4, 0.5) is 4.79 Å². The number of carbonyl (C=O) groups excluding carboxylic acids is 5. The van der Waals surface area contributed by atoms with Crippen LogP contribution in [0, 0.1) is 11.3 Å². The number of ether oxygens (including phenoxy) is 4. The SMILES string of the molecule is CNC(=N)NCCC[C@@H](NC(=O)[C@@H](CCCCNC(=O)OC(C)(C)C)NC(=O)COc1ccc2ccccc2c1-c1c(OCCc2ccccc2)ccc2ccccc12)C(=O)N[C@@H](CC(C)C)C(=O)OCc1ccccc1. The molecule has 0 spiro atoms. The molecule has 3 atom stereocenters. The number of guanidine groups is 1. The monoisotopic (exact) mass is 1050 g/mol. The van der Waals surface area contributed by atoms with E-state index in [0.717, 1.165) is 43.8 Å². The molecule has 6 rings (SSSR count). The summed E-state index contributed by atoms with van der Waals surface area (Å²) in [4.78, 5) is 69.1. The van der Waals surface area contributed by atoms with Crippen LogP contribution in [0.25, 0.3) is 32.7 Å². The van der Waals surface area contributed by atoms with E-state index in [4.69, 9.17) is 24.4 Å². The van der Waals surface area contributed by atoms with Gasteiger partial charge in [-0.25, -0.2) is 9.59 Å². The predicted molar refractivity (Wildman–Crippen MR) is 302 cm³/mol. The van der Waals surface area contributed by atoms with Crippen molar-refractivity contribution in [3.63, 3.8) is 0 Å². The Labute approximate surface area is 452 Å². The van der Waals surface area contributed by atoms with Crippen molar-refractivity contribution in [2.24, 2.45) is 5.92 Å². The molecule has 6 aromatic rings. The molecule has 0 radical (unpaired) electrons. The van der Waals surface area contributed by atoms with Crippen molar-refractivity contribution in [1.82, 2.24) is 31.9 Å². The minimum atomic E-state index is -1.15. The quantitative estimate of drug-likeness (QED) is 0.0112. The highest BCUT2D eigenvalue weighted by molar-refractivity contribution is 6.10. The molecule has 0 aromatic heterocycles. The van der Waals surface area contributed by atoms with Crippen LogP contribution < -0.4 is 41.4 Å². The number of carbonyl (C=O) groups is 5. The lowest BCUT2D eigenvalue weighted by molar-refractivity contribution is -0.150. The van der Waals surface area contributed by atoms with Crippen LogP contribution in [0.5, 0.6) is 11.5 Å². The fourth-order valence-electron chi connectivity index (χ4n) is 8.75. The molecular weight excluding hydrogens is 975 g/mol. The van der Waals surface area contributed by atoms with Crippen molar-refractivity contribution in [3.05, 3.63) is 145 Å². The van der Waals surface area contributed by atoms with Crippen molar-refractivity contribution in [1.29, 1.82) is 5.41 Å². The molecule has 0 fully saturated rings. The van der Waals surface area contributed by atoms with Crippen LogP contribution in [0.3, 0.4) is 0 Å². The minimum Gasteiger partial charge on any atom is -0.493 e. The summed E-state index contributed by atoms with van der Waals surface area (Å²) >= 11 is 0. The zero-order chi connectivity index (χ0) is 55.2. The average Bonchev–Trinajstić information content (AvgIpc) is 3.42. The van der Waals surface area contributed by atoms with Gasteiger partial charge in [-0.1, -0.05) is 135 Å². The number of amides is 4. The second kappa shape index (κ2) is 29.2. The van der Waals surface area contributed by atoms with Gasteiger partial charge in [0.2, 0.25) is 11.8 Å². The second-order valence-corrected chi connectivity index (χ2v) is 20.3. The zero-order valence-corrected chi connectivity index (χ0v) is 45.2. The molecule has 0 aliphatic rings. The molecule has 77 heavy (non-hydrogen) atoms. The number of hydrogen-bond acceptors (Lipinski definition) is 10. The van der Waals surface area contributed by atoms with Crippen molar-refractivity contribution in [3.8, 4) is 22.6 Å². The molecule has 16 heteroatoms. The van der Waals surface area contributed by atoms with Gasteiger partial charge in [-0.2, -0.15) is 0 Å². The highest BCUT2D eigenvalue weighted by atomic mass is 16.6. The van der Waals surface area contributed by atoms with E-state index in [0.29, 0.717) is 50.3 Å². The summed E-state index contributed by atoms with van der Waals surface area (Å²) in [7, 11) is 1.61. The highest BCUT2D eigenvalue weighted by Crippen LogP contribution is 2.45. The van der Waals surface area contributed by atoms with Gasteiger partial charge in [0, 0.05) is 37.7 Å². The molecule has 0 aliphatic carbocycles. The Morgan fingerprint density at radius 1 is 0.584 bits per heavy atom. The average molecular weight is 1050 g/mol. The van der Waals surface area contributed by atoms with Gasteiger partial charge in [-0.05, 0) is 110 Å². The predicted octanol–water partition coefficient (Wildman–Crippen LogP) is 9.12. The Hall–Kier alpha value is -8.14. The first kappa shape index (κ1) is 58.1. The Kier molecular flexibility index (Phi) is 22.1. The summed E-state index contributed by atoms with van der Waals surface area (Å²) in [5, 5.41) is 28.7. The third-order valence-electron chi connectivity index (χ3n) is 12.5. The number of fused-ring (bicyclic) bond motifs is 2. The highest BCUT2D eigenvalue weighted by Gasteiger charge is 2.31. The molecular formula is C61H75N7O9. The summed E-state index contributed by atoms with van der Waals surface area (Å²) in [6.07, 6.45) is 1.81. The van der Waals surface area contributed by atoms with Gasteiger partial charge >= 0.3 is 12.1 Å². The van der Waals surface area contributed by atoms with Crippen LogP contribution in [-0.4, -0.2) is 92.8 Å². The first-order chi connectivity index (χ1) is 37.1. The van der Waals surface area contributed by atoms with Crippen molar-refractivity contribution in [2.75, 3.05) is 33.4 Å². The van der Waals surface area contributed by atoms with E-state index in [-0.39, 0.29) is 44.3 Å². The Balaban J connectivity index is 1.24. The summed E-state index contributed by atoms with van der Waals surface area (Å²) in [6, 6.07) is 39.8. The molecule has 6 aromatic carbocycles. The fraction of sp³-hybridized carbons (Fsp3) is 0.377. The van der Waals surface area contributed by atoms with Gasteiger partial charge < -0.3 is 50.8 Å². The van der Waals surface area contributed by atoms with Crippen molar-refractivity contribution in [2.45, 2.75) is 110 Å². The molecule has 0 aliphatic heterocycles. The normalized spacial score (nSPS) is 12.4.